The quantitative estimate of drug-likeness (QED) is 0.786. The molecule has 3 unspecified atom stereocenters. The van der Waals surface area contributed by atoms with E-state index in [1.165, 1.54) is 12.8 Å². The van der Waals surface area contributed by atoms with Crippen molar-refractivity contribution >= 4 is 12.0 Å². The third-order valence-corrected chi connectivity index (χ3v) is 5.31. The van der Waals surface area contributed by atoms with Crippen LogP contribution in [0.15, 0.2) is 0 Å². The van der Waals surface area contributed by atoms with Crippen LogP contribution in [0.4, 0.5) is 4.79 Å². The van der Waals surface area contributed by atoms with Crippen LogP contribution in [-0.4, -0.2) is 76.6 Å². The summed E-state index contributed by atoms with van der Waals surface area (Å²) in [7, 11) is 0. The molecule has 3 aliphatic heterocycles. The molecule has 118 valence electrons. The molecule has 0 aromatic carbocycles. The number of carboxylic acid groups (broad SMARTS) is 1. The molecule has 0 saturated carbocycles. The van der Waals surface area contributed by atoms with Crippen LogP contribution >= 0.6 is 0 Å². The topological polar surface area (TPSA) is 64.1 Å². The van der Waals surface area contributed by atoms with Crippen molar-refractivity contribution in [3.63, 3.8) is 0 Å². The second kappa shape index (κ2) is 5.83. The molecule has 0 aromatic heterocycles. The number of fused-ring (bicyclic) bond motifs is 1. The van der Waals surface area contributed by atoms with Gasteiger partial charge >= 0.3 is 12.0 Å². The van der Waals surface area contributed by atoms with Gasteiger partial charge in [-0.3, -0.25) is 4.90 Å². The summed E-state index contributed by atoms with van der Waals surface area (Å²) in [5, 5.41) is 9.37. The molecule has 21 heavy (non-hydrogen) atoms. The van der Waals surface area contributed by atoms with Gasteiger partial charge in [-0.15, -0.1) is 0 Å². The first-order valence-corrected chi connectivity index (χ1v) is 8.10. The van der Waals surface area contributed by atoms with Crippen molar-refractivity contribution < 1.29 is 14.7 Å². The van der Waals surface area contributed by atoms with Gasteiger partial charge in [-0.1, -0.05) is 13.3 Å². The maximum Gasteiger partial charge on any atom is 0.326 e. The highest BCUT2D eigenvalue weighted by Gasteiger charge is 2.42. The van der Waals surface area contributed by atoms with Crippen LogP contribution in [-0.2, 0) is 4.79 Å². The number of carbonyl (C=O) groups is 2. The monoisotopic (exact) mass is 295 g/mol. The van der Waals surface area contributed by atoms with Gasteiger partial charge in [0.05, 0.1) is 0 Å². The first-order valence-electron chi connectivity index (χ1n) is 8.10. The van der Waals surface area contributed by atoms with Gasteiger partial charge in [0.25, 0.3) is 0 Å². The van der Waals surface area contributed by atoms with Crippen LogP contribution in [0.25, 0.3) is 0 Å². The Kier molecular flexibility index (Phi) is 4.06. The molecular weight excluding hydrogens is 270 g/mol. The molecule has 3 atom stereocenters. The summed E-state index contributed by atoms with van der Waals surface area (Å²) in [4.78, 5) is 30.1. The lowest BCUT2D eigenvalue weighted by atomic mass is 9.99. The summed E-state index contributed by atoms with van der Waals surface area (Å²) in [6.45, 7) is 6.05. The molecule has 6 heteroatoms. The van der Waals surface area contributed by atoms with Gasteiger partial charge in [0.15, 0.2) is 0 Å². The highest BCUT2D eigenvalue weighted by Crippen LogP contribution is 2.27. The van der Waals surface area contributed by atoms with Crippen molar-refractivity contribution in [3.05, 3.63) is 0 Å². The number of hydrogen-bond acceptors (Lipinski definition) is 3. The average molecular weight is 295 g/mol. The smallest absolute Gasteiger partial charge is 0.326 e. The van der Waals surface area contributed by atoms with E-state index in [1.54, 1.807) is 4.90 Å². The van der Waals surface area contributed by atoms with Gasteiger partial charge in [-0.2, -0.15) is 0 Å². The van der Waals surface area contributed by atoms with Crippen LogP contribution < -0.4 is 0 Å². The highest BCUT2D eigenvalue weighted by molar-refractivity contribution is 5.83. The summed E-state index contributed by atoms with van der Waals surface area (Å²) in [5.41, 5.74) is 0. The van der Waals surface area contributed by atoms with E-state index in [2.05, 4.69) is 4.90 Å². The number of carbonyl (C=O) groups excluding carboxylic acids is 1. The second-order valence-electron chi connectivity index (χ2n) is 6.66. The Labute approximate surface area is 125 Å². The largest absolute Gasteiger partial charge is 0.480 e. The predicted molar refractivity (Wildman–Crippen MR) is 78.1 cm³/mol. The molecular formula is C15H25N3O3. The van der Waals surface area contributed by atoms with E-state index in [0.29, 0.717) is 12.6 Å². The number of aliphatic carboxylic acids is 1. The number of likely N-dealkylation sites (tertiary alicyclic amines) is 1. The lowest BCUT2D eigenvalue weighted by Crippen LogP contribution is -2.59. The zero-order chi connectivity index (χ0) is 15.0. The molecule has 0 spiro atoms. The van der Waals surface area contributed by atoms with Gasteiger partial charge in [0.1, 0.15) is 6.04 Å². The number of amides is 2. The molecule has 2 amide bonds. The van der Waals surface area contributed by atoms with E-state index >= 15 is 0 Å². The van der Waals surface area contributed by atoms with Crippen LogP contribution in [0.2, 0.25) is 0 Å². The Hall–Kier alpha value is -1.30. The van der Waals surface area contributed by atoms with Crippen molar-refractivity contribution in [3.8, 4) is 0 Å². The maximum atomic E-state index is 12.7. The number of nitrogens with zero attached hydrogens (tertiary/aromatic N) is 3. The third-order valence-electron chi connectivity index (χ3n) is 5.31. The van der Waals surface area contributed by atoms with Crippen molar-refractivity contribution in [2.45, 2.75) is 44.7 Å². The lowest BCUT2D eigenvalue weighted by Gasteiger charge is -2.45. The number of piperazine rings is 1. The SMILES string of the molecule is CC1CCN(C(=O)N2CCN3CCCCC3C2)C1C(=O)O. The lowest BCUT2D eigenvalue weighted by molar-refractivity contribution is -0.142. The maximum absolute atomic E-state index is 12.7. The van der Waals surface area contributed by atoms with E-state index in [0.717, 1.165) is 39.0 Å². The van der Waals surface area contributed by atoms with Crippen LogP contribution in [0, 0.1) is 5.92 Å². The number of piperidine rings is 1. The highest BCUT2D eigenvalue weighted by atomic mass is 16.4. The number of carboxylic acids is 1. The van der Waals surface area contributed by atoms with Crippen molar-refractivity contribution in [1.82, 2.24) is 14.7 Å². The fraction of sp³-hybridized carbons (Fsp3) is 0.867. The van der Waals surface area contributed by atoms with E-state index in [1.807, 2.05) is 11.8 Å². The summed E-state index contributed by atoms with van der Waals surface area (Å²) < 4.78 is 0. The molecule has 0 aliphatic carbocycles. The minimum Gasteiger partial charge on any atom is -0.480 e. The van der Waals surface area contributed by atoms with E-state index in [4.69, 9.17) is 0 Å². The van der Waals surface area contributed by atoms with E-state index < -0.39 is 12.0 Å². The number of urea groups is 1. The number of rotatable bonds is 1. The standard InChI is InChI=1S/C15H25N3O3/c1-11-5-7-18(13(11)14(19)20)15(21)17-9-8-16-6-3-2-4-12(16)10-17/h11-13H,2-10H2,1H3,(H,19,20). The van der Waals surface area contributed by atoms with Crippen LogP contribution in [0.5, 0.6) is 0 Å². The van der Waals surface area contributed by atoms with Gasteiger partial charge in [0.2, 0.25) is 0 Å². The first-order chi connectivity index (χ1) is 10.1. The number of hydrogen-bond donors (Lipinski definition) is 1. The zero-order valence-corrected chi connectivity index (χ0v) is 12.7. The summed E-state index contributed by atoms with van der Waals surface area (Å²) in [5.74, 6) is -0.827. The van der Waals surface area contributed by atoms with E-state index in [9.17, 15) is 14.7 Å². The second-order valence-corrected chi connectivity index (χ2v) is 6.66. The molecule has 0 radical (unpaired) electrons. The van der Waals surface area contributed by atoms with Crippen LogP contribution in [0.3, 0.4) is 0 Å². The fourth-order valence-corrected chi connectivity index (χ4v) is 4.05. The molecule has 3 fully saturated rings. The zero-order valence-electron chi connectivity index (χ0n) is 12.7. The third kappa shape index (κ3) is 2.73. The predicted octanol–water partition coefficient (Wildman–Crippen LogP) is 1.07. The Bertz CT molecular complexity index is 428. The Morgan fingerprint density at radius 1 is 1.05 bits per heavy atom. The Balaban J connectivity index is 1.66. The van der Waals surface area contributed by atoms with Crippen molar-refractivity contribution in [2.75, 3.05) is 32.7 Å². The van der Waals surface area contributed by atoms with E-state index in [-0.39, 0.29) is 11.9 Å². The van der Waals surface area contributed by atoms with Gasteiger partial charge in [-0.05, 0) is 31.7 Å². The summed E-state index contributed by atoms with van der Waals surface area (Å²) >= 11 is 0. The van der Waals surface area contributed by atoms with Gasteiger partial charge in [0, 0.05) is 32.2 Å². The van der Waals surface area contributed by atoms with Gasteiger partial charge in [-0.25, -0.2) is 9.59 Å². The van der Waals surface area contributed by atoms with Gasteiger partial charge < -0.3 is 14.9 Å². The Morgan fingerprint density at radius 2 is 1.86 bits per heavy atom. The fourth-order valence-electron chi connectivity index (χ4n) is 4.05. The summed E-state index contributed by atoms with van der Waals surface area (Å²) in [6, 6.07) is -0.251. The minimum absolute atomic E-state index is 0.0439. The molecule has 6 nitrogen and oxygen atoms in total. The molecule has 0 bridgehead atoms. The molecule has 3 heterocycles. The van der Waals surface area contributed by atoms with Crippen molar-refractivity contribution in [2.24, 2.45) is 5.92 Å². The molecule has 3 saturated heterocycles. The molecule has 3 rings (SSSR count). The Morgan fingerprint density at radius 3 is 2.62 bits per heavy atom. The van der Waals surface area contributed by atoms with Crippen molar-refractivity contribution in [1.29, 1.82) is 0 Å². The van der Waals surface area contributed by atoms with Crippen LogP contribution in [0.1, 0.15) is 32.6 Å². The normalized spacial score (nSPS) is 33.9. The minimum atomic E-state index is -0.871. The molecule has 1 N–H and O–H groups in total. The average Bonchev–Trinajstić information content (AvgIpc) is 2.88. The molecule has 0 aromatic rings. The first kappa shape index (κ1) is 14.6. The molecule has 3 aliphatic rings. The summed E-state index contributed by atoms with van der Waals surface area (Å²) in [6.07, 6.45) is 4.44.